The maximum Gasteiger partial charge on any atom is 0.507 e. The summed E-state index contributed by atoms with van der Waals surface area (Å²) in [5.74, 6) is 0. The van der Waals surface area contributed by atoms with Crippen LogP contribution in [0, 0.1) is 0 Å². The molecular weight excluding hydrogens is 517 g/mol. The van der Waals surface area contributed by atoms with Gasteiger partial charge in [-0.2, -0.15) is 0 Å². The molecule has 0 spiro atoms. The Morgan fingerprint density at radius 1 is 0.735 bits per heavy atom. The Hall–Kier alpha value is 0.0513. The van der Waals surface area contributed by atoms with Crippen LogP contribution in [0.3, 0.4) is 0 Å². The Morgan fingerprint density at radius 2 is 1.00 bits per heavy atom. The average molecular weight is 569 g/mol. The molecule has 9 heteroatoms. The number of carbonyl (C=O) groups excluding carboxylic acids is 1. The Bertz CT molecular complexity index is 655. The molecule has 0 aromatic rings. The molecule has 0 fully saturated rings. The zero-order valence-electron chi connectivity index (χ0n) is 24.7. The van der Waals surface area contributed by atoms with E-state index >= 15 is 0 Å². The van der Waals surface area contributed by atoms with E-state index in [1.165, 1.54) is 0 Å². The van der Waals surface area contributed by atoms with E-state index in [2.05, 4.69) is 119 Å². The first-order valence-electron chi connectivity index (χ1n) is 12.3. The molecule has 0 saturated carbocycles. The predicted molar refractivity (Wildman–Crippen MR) is 164 cm³/mol. The van der Waals surface area contributed by atoms with Crippen molar-refractivity contribution in [3.63, 3.8) is 0 Å². The van der Waals surface area contributed by atoms with Crippen molar-refractivity contribution in [2.24, 2.45) is 0 Å². The van der Waals surface area contributed by atoms with Crippen LogP contribution >= 0.6 is 0 Å². The maximum absolute atomic E-state index is 12.5. The van der Waals surface area contributed by atoms with Gasteiger partial charge in [0.2, 0.25) is 0 Å². The molecule has 6 radical (unpaired) electrons. The molecule has 0 amide bonds. The SMILES string of the molecule is C=C[Si](C)(C)C(C)(C)[Si]C(C)(C)[Si](C)COC(=O)OC[Si](C)C(C)(C)[Si]C(C)(C)[Si](C)(C)C=C. The average Bonchev–Trinajstić information content (AvgIpc) is 2.67. The number of rotatable bonds is 14. The van der Waals surface area contributed by atoms with E-state index in [4.69, 9.17) is 9.47 Å². The molecule has 0 aromatic heterocycles. The van der Waals surface area contributed by atoms with Gasteiger partial charge in [0.05, 0.1) is 46.2 Å². The summed E-state index contributed by atoms with van der Waals surface area (Å²) in [7, 11) is -3.19. The van der Waals surface area contributed by atoms with Gasteiger partial charge in [-0.15, -0.1) is 24.6 Å². The van der Waals surface area contributed by atoms with Crippen LogP contribution in [0.1, 0.15) is 55.4 Å². The van der Waals surface area contributed by atoms with Crippen LogP contribution < -0.4 is 0 Å². The molecule has 0 saturated heterocycles. The van der Waals surface area contributed by atoms with Gasteiger partial charge in [0, 0.05) is 19.0 Å². The highest BCUT2D eigenvalue weighted by molar-refractivity contribution is 6.95. The quantitative estimate of drug-likeness (QED) is 0.159. The second-order valence-corrected chi connectivity index (χ2v) is 36.9. The van der Waals surface area contributed by atoms with Gasteiger partial charge >= 0.3 is 6.16 Å². The third kappa shape index (κ3) is 9.17. The fourth-order valence-electron chi connectivity index (χ4n) is 3.35. The van der Waals surface area contributed by atoms with Gasteiger partial charge < -0.3 is 9.47 Å². The van der Waals surface area contributed by atoms with E-state index in [9.17, 15) is 4.79 Å². The van der Waals surface area contributed by atoms with E-state index < -0.39 is 39.9 Å². The van der Waals surface area contributed by atoms with Gasteiger partial charge in [0.1, 0.15) is 0 Å². The first-order valence-corrected chi connectivity index (χ1v) is 24.9. The molecule has 0 bridgehead atoms. The van der Waals surface area contributed by atoms with Crippen molar-refractivity contribution in [1.82, 2.24) is 0 Å². The highest BCUT2D eigenvalue weighted by atomic mass is 28.4. The van der Waals surface area contributed by atoms with E-state index in [-0.39, 0.29) is 18.6 Å². The third-order valence-corrected chi connectivity index (χ3v) is 32.8. The minimum atomic E-state index is -1.52. The summed E-state index contributed by atoms with van der Waals surface area (Å²) in [4.78, 5) is 12.5. The van der Waals surface area contributed by atoms with Crippen LogP contribution in [0.15, 0.2) is 24.6 Å². The molecule has 194 valence electrons. The predicted octanol–water partition coefficient (Wildman–Crippen LogP) is 7.69. The van der Waals surface area contributed by atoms with Gasteiger partial charge in [0.15, 0.2) is 0 Å². The van der Waals surface area contributed by atoms with E-state index in [0.29, 0.717) is 12.5 Å². The van der Waals surface area contributed by atoms with Crippen LogP contribution in [-0.4, -0.2) is 71.4 Å². The van der Waals surface area contributed by atoms with E-state index in [1.807, 2.05) is 0 Å². The molecule has 0 unspecified atom stereocenters. The highest BCUT2D eigenvalue weighted by Crippen LogP contribution is 2.45. The monoisotopic (exact) mass is 568 g/mol. The van der Waals surface area contributed by atoms with Crippen molar-refractivity contribution in [1.29, 1.82) is 0 Å². The third-order valence-electron chi connectivity index (χ3n) is 8.44. The van der Waals surface area contributed by atoms with Crippen LogP contribution in [0.25, 0.3) is 0 Å². The van der Waals surface area contributed by atoms with Gasteiger partial charge in [-0.05, 0) is 18.6 Å². The van der Waals surface area contributed by atoms with E-state index in [0.717, 1.165) is 19.0 Å². The first kappa shape index (κ1) is 34.1. The van der Waals surface area contributed by atoms with Crippen LogP contribution in [0.4, 0.5) is 4.79 Å². The Morgan fingerprint density at radius 3 is 1.24 bits per heavy atom. The summed E-state index contributed by atoms with van der Waals surface area (Å²) in [6.07, 6.45) is 0.504. The molecule has 0 aliphatic carbocycles. The Labute approximate surface area is 222 Å². The maximum atomic E-state index is 12.5. The summed E-state index contributed by atoms with van der Waals surface area (Å²) < 4.78 is 12.2. The number of carbonyl (C=O) groups is 1. The van der Waals surface area contributed by atoms with Crippen molar-refractivity contribution < 1.29 is 14.3 Å². The number of hydrogen-bond acceptors (Lipinski definition) is 3. The molecule has 0 aromatic carbocycles. The lowest BCUT2D eigenvalue weighted by molar-refractivity contribution is 0.0785. The standard InChI is InChI=1S/C25H52O3Si6/c1-17-33(13,14)24(7,8)29-22(3,4)31(11)19-27-21(26)28-20-32(12)23(5,6)30-25(9,10)34(15,16)18-2/h17-18H,1-2,19-20H2,3-16H3. The second kappa shape index (κ2) is 12.1. The number of ether oxygens (including phenoxy) is 2. The van der Waals surface area contributed by atoms with Crippen molar-refractivity contribution in [3.8, 4) is 0 Å². The van der Waals surface area contributed by atoms with Gasteiger partial charge in [-0.25, -0.2) is 4.79 Å². The zero-order valence-corrected chi connectivity index (χ0v) is 30.7. The first-order chi connectivity index (χ1) is 15.0. The topological polar surface area (TPSA) is 35.5 Å². The molecule has 0 atom stereocenters. The van der Waals surface area contributed by atoms with E-state index in [1.54, 1.807) is 0 Å². The van der Waals surface area contributed by atoms with Gasteiger partial charge in [-0.1, -0.05) is 94.7 Å². The van der Waals surface area contributed by atoms with Crippen molar-refractivity contribution in [3.05, 3.63) is 24.6 Å². The molecule has 0 N–H and O–H groups in total. The zero-order chi connectivity index (χ0) is 27.4. The van der Waals surface area contributed by atoms with Crippen molar-refractivity contribution in [2.75, 3.05) is 12.5 Å². The largest absolute Gasteiger partial charge is 0.507 e. The molecule has 0 aliphatic rings. The summed E-state index contributed by atoms with van der Waals surface area (Å²) in [5.41, 5.74) is 4.42. The lowest BCUT2D eigenvalue weighted by Crippen LogP contribution is -2.48. The van der Waals surface area contributed by atoms with Crippen LogP contribution in [-0.2, 0) is 9.47 Å². The highest BCUT2D eigenvalue weighted by Gasteiger charge is 2.45. The lowest BCUT2D eigenvalue weighted by atomic mass is 10.5. The summed E-state index contributed by atoms with van der Waals surface area (Å²) in [5, 5.41) is 0. The van der Waals surface area contributed by atoms with Crippen molar-refractivity contribution in [2.45, 2.75) is 113 Å². The normalized spacial score (nSPS) is 14.4. The molecule has 34 heavy (non-hydrogen) atoms. The molecule has 0 rings (SSSR count). The Balaban J connectivity index is 4.90. The minimum absolute atomic E-state index is 0.179. The molecular formula is C25H52O3Si6. The fourth-order valence-corrected chi connectivity index (χ4v) is 18.7. The van der Waals surface area contributed by atoms with Gasteiger partial charge in [0.25, 0.3) is 0 Å². The summed E-state index contributed by atoms with van der Waals surface area (Å²) in [6, 6.07) is 0. The van der Waals surface area contributed by atoms with Crippen LogP contribution in [0.5, 0.6) is 0 Å². The number of hydrogen-bond donors (Lipinski definition) is 0. The smallest absolute Gasteiger partial charge is 0.438 e. The minimum Gasteiger partial charge on any atom is -0.438 e. The molecule has 0 aliphatic heterocycles. The second-order valence-electron chi connectivity index (χ2n) is 13.0. The van der Waals surface area contributed by atoms with Crippen molar-refractivity contribution >= 4 is 58.9 Å². The Kier molecular flexibility index (Phi) is 12.1. The lowest BCUT2D eigenvalue weighted by Gasteiger charge is -2.44. The summed E-state index contributed by atoms with van der Waals surface area (Å²) >= 11 is 0. The fraction of sp³-hybridized carbons (Fsp3) is 0.800. The molecule has 3 nitrogen and oxygen atoms in total. The van der Waals surface area contributed by atoms with Gasteiger partial charge in [-0.3, -0.25) is 0 Å². The van der Waals surface area contributed by atoms with Crippen LogP contribution in [0.2, 0.25) is 57.9 Å². The summed E-state index contributed by atoms with van der Waals surface area (Å²) in [6.45, 7) is 41.3. The molecule has 0 heterocycles.